The third-order valence-corrected chi connectivity index (χ3v) is 2.66. The molecule has 0 heterocycles. The number of hydrogen-bond donors (Lipinski definition) is 2. The van der Waals surface area contributed by atoms with Crippen LogP contribution in [0.3, 0.4) is 0 Å². The zero-order chi connectivity index (χ0) is 16.3. The number of carboxylic acid groups (broad SMARTS) is 1. The van der Waals surface area contributed by atoms with Crippen LogP contribution in [0.15, 0.2) is 6.07 Å². The van der Waals surface area contributed by atoms with Gasteiger partial charge in [-0.3, -0.25) is 4.79 Å². The molecule has 21 heavy (non-hydrogen) atoms. The Morgan fingerprint density at radius 2 is 1.71 bits per heavy atom. The van der Waals surface area contributed by atoms with Crippen molar-refractivity contribution in [3.63, 3.8) is 0 Å². The van der Waals surface area contributed by atoms with Crippen molar-refractivity contribution in [2.45, 2.75) is 26.3 Å². The average molecular weight is 307 g/mol. The zero-order valence-electron chi connectivity index (χ0n) is 11.2. The molecule has 1 aromatic carbocycles. The molecule has 1 rings (SSSR count). The molecule has 0 aliphatic carbocycles. The van der Waals surface area contributed by atoms with E-state index in [0.717, 1.165) is 0 Å². The van der Waals surface area contributed by atoms with Gasteiger partial charge in [0.15, 0.2) is 23.3 Å². The molecule has 0 spiro atoms. The second kappa shape index (κ2) is 6.55. The van der Waals surface area contributed by atoms with E-state index < -0.39 is 46.8 Å². The van der Waals surface area contributed by atoms with Crippen LogP contribution in [0.5, 0.6) is 0 Å². The fraction of sp³-hybridized carbons (Fsp3) is 0.385. The third-order valence-electron chi connectivity index (χ3n) is 2.66. The summed E-state index contributed by atoms with van der Waals surface area (Å²) >= 11 is 0. The molecule has 0 aliphatic rings. The number of aliphatic carboxylic acids is 1. The molecule has 1 atom stereocenters. The Morgan fingerprint density at radius 3 is 2.19 bits per heavy atom. The minimum absolute atomic E-state index is 0.0366. The van der Waals surface area contributed by atoms with Crippen molar-refractivity contribution in [2.75, 3.05) is 0 Å². The van der Waals surface area contributed by atoms with Crippen molar-refractivity contribution in [2.24, 2.45) is 5.92 Å². The maximum absolute atomic E-state index is 13.4. The fourth-order valence-electron chi connectivity index (χ4n) is 1.67. The van der Waals surface area contributed by atoms with E-state index in [1.807, 2.05) is 5.32 Å². The van der Waals surface area contributed by atoms with Gasteiger partial charge < -0.3 is 10.4 Å². The summed E-state index contributed by atoms with van der Waals surface area (Å²) in [7, 11) is 0. The smallest absolute Gasteiger partial charge is 0.326 e. The predicted octanol–water partition coefficient (Wildman–Crippen LogP) is 2.47. The van der Waals surface area contributed by atoms with Gasteiger partial charge in [0, 0.05) is 0 Å². The summed E-state index contributed by atoms with van der Waals surface area (Å²) in [6.07, 6.45) is 0.0366. The molecule has 0 aliphatic heterocycles. The number of amides is 1. The lowest BCUT2D eigenvalue weighted by Gasteiger charge is -2.16. The lowest BCUT2D eigenvalue weighted by Crippen LogP contribution is -2.42. The Kier molecular flexibility index (Phi) is 5.28. The zero-order valence-corrected chi connectivity index (χ0v) is 11.2. The first-order valence-corrected chi connectivity index (χ1v) is 6.01. The number of carbonyl (C=O) groups is 2. The molecule has 0 fully saturated rings. The largest absolute Gasteiger partial charge is 0.480 e. The summed E-state index contributed by atoms with van der Waals surface area (Å²) in [5.41, 5.74) is -1.10. The van der Waals surface area contributed by atoms with Crippen molar-refractivity contribution < 1.29 is 32.3 Å². The van der Waals surface area contributed by atoms with Gasteiger partial charge in [0.1, 0.15) is 6.04 Å². The van der Waals surface area contributed by atoms with Crippen molar-refractivity contribution in [3.8, 4) is 0 Å². The number of hydrogen-bond acceptors (Lipinski definition) is 2. The Hall–Kier alpha value is -2.12. The van der Waals surface area contributed by atoms with Crippen molar-refractivity contribution in [1.29, 1.82) is 0 Å². The highest BCUT2D eigenvalue weighted by atomic mass is 19.2. The monoisotopic (exact) mass is 307 g/mol. The van der Waals surface area contributed by atoms with Crippen LogP contribution in [0.25, 0.3) is 0 Å². The van der Waals surface area contributed by atoms with Crippen LogP contribution in [0, 0.1) is 29.2 Å². The molecule has 0 saturated carbocycles. The Morgan fingerprint density at radius 1 is 1.14 bits per heavy atom. The third kappa shape index (κ3) is 3.93. The first kappa shape index (κ1) is 16.9. The van der Waals surface area contributed by atoms with Gasteiger partial charge in [0.05, 0.1) is 5.56 Å². The minimum atomic E-state index is -2.13. The van der Waals surface area contributed by atoms with Gasteiger partial charge in [-0.1, -0.05) is 13.8 Å². The van der Waals surface area contributed by atoms with Gasteiger partial charge in [-0.05, 0) is 18.4 Å². The van der Waals surface area contributed by atoms with E-state index in [1.54, 1.807) is 13.8 Å². The van der Waals surface area contributed by atoms with Gasteiger partial charge in [-0.15, -0.1) is 0 Å². The van der Waals surface area contributed by atoms with Gasteiger partial charge in [-0.25, -0.2) is 22.4 Å². The Balaban J connectivity index is 3.06. The first-order chi connectivity index (χ1) is 9.65. The lowest BCUT2D eigenvalue weighted by atomic mass is 10.0. The highest BCUT2D eigenvalue weighted by molar-refractivity contribution is 5.96. The molecular formula is C13H13F4NO3. The summed E-state index contributed by atoms with van der Waals surface area (Å²) in [4.78, 5) is 22.7. The molecule has 8 heteroatoms. The average Bonchev–Trinajstić information content (AvgIpc) is 2.38. The summed E-state index contributed by atoms with van der Waals surface area (Å²) in [6, 6.07) is -1.18. The van der Waals surface area contributed by atoms with Crippen LogP contribution in [-0.4, -0.2) is 23.0 Å². The van der Waals surface area contributed by atoms with Crippen molar-refractivity contribution in [1.82, 2.24) is 5.32 Å². The van der Waals surface area contributed by atoms with Crippen LogP contribution in [0.1, 0.15) is 30.6 Å². The highest BCUT2D eigenvalue weighted by Gasteiger charge is 2.27. The van der Waals surface area contributed by atoms with Crippen molar-refractivity contribution in [3.05, 3.63) is 34.9 Å². The fourth-order valence-corrected chi connectivity index (χ4v) is 1.67. The number of halogens is 4. The number of rotatable bonds is 5. The molecule has 2 N–H and O–H groups in total. The summed E-state index contributed by atoms with van der Waals surface area (Å²) in [5, 5.41) is 10.9. The van der Waals surface area contributed by atoms with E-state index in [2.05, 4.69) is 0 Å². The maximum Gasteiger partial charge on any atom is 0.326 e. The molecule has 0 bridgehead atoms. The molecule has 1 unspecified atom stereocenters. The van der Waals surface area contributed by atoms with Gasteiger partial charge in [0.2, 0.25) is 0 Å². The number of nitrogens with one attached hydrogen (secondary N) is 1. The number of carbonyl (C=O) groups excluding carboxylic acids is 1. The number of benzene rings is 1. The van der Waals surface area contributed by atoms with Gasteiger partial charge in [0.25, 0.3) is 5.91 Å². The van der Waals surface area contributed by atoms with Crippen molar-refractivity contribution >= 4 is 11.9 Å². The van der Waals surface area contributed by atoms with E-state index >= 15 is 0 Å². The molecule has 0 saturated heterocycles. The highest BCUT2D eigenvalue weighted by Crippen LogP contribution is 2.19. The summed E-state index contributed by atoms with van der Waals surface area (Å²) < 4.78 is 52.2. The summed E-state index contributed by atoms with van der Waals surface area (Å²) in [6.45, 7) is 3.39. The Labute approximate surface area is 117 Å². The maximum atomic E-state index is 13.4. The first-order valence-electron chi connectivity index (χ1n) is 6.01. The normalized spacial score (nSPS) is 12.3. The second-order valence-corrected chi connectivity index (χ2v) is 4.84. The van der Waals surface area contributed by atoms with E-state index in [-0.39, 0.29) is 18.4 Å². The van der Waals surface area contributed by atoms with Crippen LogP contribution in [0.2, 0.25) is 0 Å². The quantitative estimate of drug-likeness (QED) is 0.499. The molecular weight excluding hydrogens is 294 g/mol. The molecule has 1 aromatic rings. The molecule has 0 aromatic heterocycles. The van der Waals surface area contributed by atoms with E-state index in [0.29, 0.717) is 0 Å². The second-order valence-electron chi connectivity index (χ2n) is 4.84. The van der Waals surface area contributed by atoms with Gasteiger partial charge in [-0.2, -0.15) is 0 Å². The van der Waals surface area contributed by atoms with E-state index in [1.165, 1.54) is 0 Å². The minimum Gasteiger partial charge on any atom is -0.480 e. The topological polar surface area (TPSA) is 66.4 Å². The van der Waals surface area contributed by atoms with Gasteiger partial charge >= 0.3 is 5.97 Å². The number of carboxylic acids is 1. The summed E-state index contributed by atoms with van der Waals surface area (Å²) in [5.74, 6) is -10.6. The standard InChI is InChI=1S/C13H13F4NO3/c1-5(2)3-8(13(20)21)18-12(19)6-4-7(14)10(16)11(17)9(6)15/h4-5,8H,3H2,1-2H3,(H,18,19)(H,20,21). The van der Waals surface area contributed by atoms with Crippen LogP contribution in [-0.2, 0) is 4.79 Å². The molecule has 0 radical (unpaired) electrons. The van der Waals surface area contributed by atoms with Crippen LogP contribution >= 0.6 is 0 Å². The van der Waals surface area contributed by atoms with Crippen LogP contribution in [0.4, 0.5) is 17.6 Å². The Bertz CT molecular complexity index is 575. The SMILES string of the molecule is CC(C)CC(NC(=O)c1cc(F)c(F)c(F)c1F)C(=O)O. The van der Waals surface area contributed by atoms with E-state index in [9.17, 15) is 27.2 Å². The van der Waals surface area contributed by atoms with E-state index in [4.69, 9.17) is 5.11 Å². The van der Waals surface area contributed by atoms with Crippen LogP contribution < -0.4 is 5.32 Å². The molecule has 4 nitrogen and oxygen atoms in total. The molecule has 116 valence electrons. The lowest BCUT2D eigenvalue weighted by molar-refractivity contribution is -0.139. The molecule has 1 amide bonds. The predicted molar refractivity (Wildman–Crippen MR) is 64.6 cm³/mol.